The van der Waals surface area contributed by atoms with Crippen molar-refractivity contribution in [2.75, 3.05) is 23.7 Å². The highest BCUT2D eigenvalue weighted by Gasteiger charge is 2.09. The van der Waals surface area contributed by atoms with E-state index in [0.717, 1.165) is 49.7 Å². The molecule has 0 aliphatic carbocycles. The van der Waals surface area contributed by atoms with Gasteiger partial charge in [-0.05, 0) is 13.3 Å². The van der Waals surface area contributed by atoms with Crippen LogP contribution >= 0.6 is 0 Å². The lowest BCUT2D eigenvalue weighted by atomic mass is 10.1. The molecule has 2 aromatic heterocycles. The first-order chi connectivity index (χ1) is 9.85. The molecule has 0 aliphatic rings. The predicted molar refractivity (Wildman–Crippen MR) is 78.7 cm³/mol. The summed E-state index contributed by atoms with van der Waals surface area (Å²) in [5.74, 6) is 1.82. The van der Waals surface area contributed by atoms with Gasteiger partial charge in [0.25, 0.3) is 0 Å². The lowest BCUT2D eigenvalue weighted by molar-refractivity contribution is 0.608. The second kappa shape index (κ2) is 7.42. The lowest BCUT2D eigenvalue weighted by Gasteiger charge is -2.14. The second-order valence-electron chi connectivity index (χ2n) is 4.42. The van der Waals surface area contributed by atoms with Crippen LogP contribution in [0.5, 0.6) is 0 Å². The van der Waals surface area contributed by atoms with Gasteiger partial charge in [-0.15, -0.1) is 5.10 Å². The van der Waals surface area contributed by atoms with Gasteiger partial charge in [0.15, 0.2) is 0 Å². The lowest BCUT2D eigenvalue weighted by Crippen LogP contribution is -2.15. The summed E-state index contributed by atoms with van der Waals surface area (Å²) in [4.78, 5) is 8.67. The average molecular weight is 275 g/mol. The average Bonchev–Trinajstić information content (AvgIpc) is 2.96. The molecule has 0 saturated carbocycles. The third-order valence-corrected chi connectivity index (χ3v) is 2.89. The van der Waals surface area contributed by atoms with Gasteiger partial charge in [0, 0.05) is 24.8 Å². The Bertz CT molecular complexity index is 509. The topological polar surface area (TPSA) is 80.5 Å². The number of hydrogen-bond donors (Lipinski definition) is 2. The van der Waals surface area contributed by atoms with Gasteiger partial charge < -0.3 is 10.6 Å². The summed E-state index contributed by atoms with van der Waals surface area (Å²) in [6, 6.07) is 0. The van der Waals surface area contributed by atoms with E-state index in [1.807, 2.05) is 6.20 Å². The van der Waals surface area contributed by atoms with Gasteiger partial charge in [-0.1, -0.05) is 18.6 Å². The quantitative estimate of drug-likeness (QED) is 0.761. The molecule has 0 saturated heterocycles. The fraction of sp³-hybridized carbons (Fsp3) is 0.538. The van der Waals surface area contributed by atoms with Gasteiger partial charge in [0.05, 0.1) is 12.7 Å². The summed E-state index contributed by atoms with van der Waals surface area (Å²) < 4.78 is 1.79. The van der Waals surface area contributed by atoms with Crippen LogP contribution in [-0.2, 0) is 13.0 Å². The van der Waals surface area contributed by atoms with Crippen LogP contribution < -0.4 is 10.6 Å². The first-order valence-electron chi connectivity index (χ1n) is 7.00. The summed E-state index contributed by atoms with van der Waals surface area (Å²) in [6.07, 6.45) is 7.13. The fourth-order valence-corrected chi connectivity index (χ4v) is 2.01. The molecule has 0 fully saturated rings. The SMILES string of the molecule is CCCc1c(NCC)ncnc1NCCn1ccnn1. The van der Waals surface area contributed by atoms with E-state index in [1.54, 1.807) is 17.2 Å². The molecule has 0 amide bonds. The fourth-order valence-electron chi connectivity index (χ4n) is 2.01. The monoisotopic (exact) mass is 275 g/mol. The Morgan fingerprint density at radius 1 is 1.15 bits per heavy atom. The Hall–Kier alpha value is -2.18. The molecule has 2 rings (SSSR count). The standard InChI is InChI=1S/C13H21N7/c1-3-5-11-12(14-4-2)16-10-17-13(11)15-6-8-20-9-7-18-19-20/h7,9-10H,3-6,8H2,1-2H3,(H2,14,15,16,17). The van der Waals surface area contributed by atoms with Gasteiger partial charge in [-0.3, -0.25) is 4.68 Å². The van der Waals surface area contributed by atoms with E-state index in [-0.39, 0.29) is 0 Å². The largest absolute Gasteiger partial charge is 0.370 e. The zero-order valence-electron chi connectivity index (χ0n) is 12.0. The van der Waals surface area contributed by atoms with Gasteiger partial charge in [-0.25, -0.2) is 9.97 Å². The van der Waals surface area contributed by atoms with E-state index < -0.39 is 0 Å². The van der Waals surface area contributed by atoms with Crippen LogP contribution in [0.15, 0.2) is 18.7 Å². The van der Waals surface area contributed by atoms with Crippen molar-refractivity contribution in [1.82, 2.24) is 25.0 Å². The van der Waals surface area contributed by atoms with Crippen LogP contribution in [0.1, 0.15) is 25.8 Å². The number of rotatable bonds is 8. The van der Waals surface area contributed by atoms with Gasteiger partial charge in [0.2, 0.25) is 0 Å². The summed E-state index contributed by atoms with van der Waals surface area (Å²) in [7, 11) is 0. The molecule has 108 valence electrons. The molecular formula is C13H21N7. The molecule has 2 aromatic rings. The highest BCUT2D eigenvalue weighted by atomic mass is 15.4. The summed E-state index contributed by atoms with van der Waals surface area (Å²) in [6.45, 7) is 6.58. The van der Waals surface area contributed by atoms with Crippen molar-refractivity contribution < 1.29 is 0 Å². The number of nitrogens with one attached hydrogen (secondary N) is 2. The minimum atomic E-state index is 0.753. The molecule has 0 bridgehead atoms. The molecule has 0 spiro atoms. The van der Waals surface area contributed by atoms with Crippen LogP contribution in [0.4, 0.5) is 11.6 Å². The Morgan fingerprint density at radius 2 is 1.95 bits per heavy atom. The van der Waals surface area contributed by atoms with Crippen molar-refractivity contribution in [1.29, 1.82) is 0 Å². The minimum Gasteiger partial charge on any atom is -0.370 e. The molecule has 0 radical (unpaired) electrons. The number of aromatic nitrogens is 5. The van der Waals surface area contributed by atoms with E-state index in [2.05, 4.69) is 44.8 Å². The maximum absolute atomic E-state index is 4.35. The first-order valence-corrected chi connectivity index (χ1v) is 7.00. The van der Waals surface area contributed by atoms with Crippen molar-refractivity contribution in [3.63, 3.8) is 0 Å². The molecule has 0 aromatic carbocycles. The normalized spacial score (nSPS) is 10.5. The van der Waals surface area contributed by atoms with E-state index >= 15 is 0 Å². The highest BCUT2D eigenvalue weighted by molar-refractivity contribution is 5.57. The molecule has 0 atom stereocenters. The Balaban J connectivity index is 2.03. The Kier molecular flexibility index (Phi) is 5.28. The molecule has 0 aliphatic heterocycles. The summed E-state index contributed by atoms with van der Waals surface area (Å²) in [5.41, 5.74) is 1.15. The van der Waals surface area contributed by atoms with Crippen LogP contribution in [0.2, 0.25) is 0 Å². The van der Waals surface area contributed by atoms with Gasteiger partial charge >= 0.3 is 0 Å². The minimum absolute atomic E-state index is 0.753. The molecule has 0 unspecified atom stereocenters. The molecular weight excluding hydrogens is 254 g/mol. The second-order valence-corrected chi connectivity index (χ2v) is 4.42. The third kappa shape index (κ3) is 3.66. The number of nitrogens with zero attached hydrogens (tertiary/aromatic N) is 5. The van der Waals surface area contributed by atoms with Crippen molar-refractivity contribution in [2.45, 2.75) is 33.2 Å². The number of hydrogen-bond acceptors (Lipinski definition) is 6. The van der Waals surface area contributed by atoms with Gasteiger partial charge in [-0.2, -0.15) is 0 Å². The van der Waals surface area contributed by atoms with E-state index in [9.17, 15) is 0 Å². The summed E-state index contributed by atoms with van der Waals surface area (Å²) in [5, 5.41) is 14.4. The van der Waals surface area contributed by atoms with Crippen molar-refractivity contribution >= 4 is 11.6 Å². The van der Waals surface area contributed by atoms with Crippen LogP contribution in [0, 0.1) is 0 Å². The zero-order chi connectivity index (χ0) is 14.2. The number of anilines is 2. The zero-order valence-corrected chi connectivity index (χ0v) is 12.0. The maximum Gasteiger partial charge on any atom is 0.134 e. The smallest absolute Gasteiger partial charge is 0.134 e. The predicted octanol–water partition coefficient (Wildman–Crippen LogP) is 1.56. The van der Waals surface area contributed by atoms with Crippen LogP contribution in [0.25, 0.3) is 0 Å². The molecule has 2 N–H and O–H groups in total. The van der Waals surface area contributed by atoms with Crippen molar-refractivity contribution in [3.05, 3.63) is 24.3 Å². The van der Waals surface area contributed by atoms with E-state index in [1.165, 1.54) is 0 Å². The highest BCUT2D eigenvalue weighted by Crippen LogP contribution is 2.21. The molecule has 7 nitrogen and oxygen atoms in total. The van der Waals surface area contributed by atoms with Crippen LogP contribution in [-0.4, -0.2) is 38.1 Å². The Labute approximate surface area is 118 Å². The van der Waals surface area contributed by atoms with Crippen molar-refractivity contribution in [2.24, 2.45) is 0 Å². The molecule has 20 heavy (non-hydrogen) atoms. The molecule has 7 heteroatoms. The summed E-state index contributed by atoms with van der Waals surface area (Å²) >= 11 is 0. The van der Waals surface area contributed by atoms with E-state index in [4.69, 9.17) is 0 Å². The third-order valence-electron chi connectivity index (χ3n) is 2.89. The first kappa shape index (κ1) is 14.2. The van der Waals surface area contributed by atoms with Crippen molar-refractivity contribution in [3.8, 4) is 0 Å². The Morgan fingerprint density at radius 3 is 2.60 bits per heavy atom. The maximum atomic E-state index is 4.35. The molecule has 2 heterocycles. The van der Waals surface area contributed by atoms with E-state index in [0.29, 0.717) is 0 Å². The van der Waals surface area contributed by atoms with Gasteiger partial charge in [0.1, 0.15) is 18.0 Å². The van der Waals surface area contributed by atoms with Crippen LogP contribution in [0.3, 0.4) is 0 Å².